The monoisotopic (exact) mass is 629 g/mol. The number of ketones is 1. The van der Waals surface area contributed by atoms with Crippen LogP contribution in [0.25, 0.3) is 28.2 Å². The lowest BCUT2D eigenvalue weighted by Crippen LogP contribution is -2.23. The summed E-state index contributed by atoms with van der Waals surface area (Å²) in [6, 6.07) is 11.6. The lowest BCUT2D eigenvalue weighted by molar-refractivity contribution is -0.139. The molecule has 7 heteroatoms. The molecule has 46 heavy (non-hydrogen) atoms. The lowest BCUT2D eigenvalue weighted by Gasteiger charge is -2.20. The second-order valence-electron chi connectivity index (χ2n) is 12.2. The number of carbonyl (C=O) groups is 3. The number of methoxy groups -OCH3 is 1. The van der Waals surface area contributed by atoms with E-state index in [1.54, 1.807) is 21.0 Å². The summed E-state index contributed by atoms with van der Waals surface area (Å²) in [4.78, 5) is 40.1. The number of Topliss-reactive ketones (excluding diaryl/α,β-unsaturated/α-hetero) is 1. The van der Waals surface area contributed by atoms with Crippen LogP contribution in [0.3, 0.4) is 0 Å². The minimum Gasteiger partial charge on any atom is -0.497 e. The number of esters is 2. The highest BCUT2D eigenvalue weighted by Gasteiger charge is 2.31. The molecule has 248 valence electrons. The van der Waals surface area contributed by atoms with Crippen molar-refractivity contribution in [2.75, 3.05) is 13.7 Å². The molecule has 0 amide bonds. The van der Waals surface area contributed by atoms with Gasteiger partial charge < -0.3 is 18.8 Å². The number of allylic oxidation sites excluding steroid dienone is 2. The van der Waals surface area contributed by atoms with E-state index in [0.29, 0.717) is 16.9 Å². The molecule has 0 bridgehead atoms. The molecule has 0 spiro atoms. The van der Waals surface area contributed by atoms with E-state index in [0.717, 1.165) is 53.4 Å². The fourth-order valence-corrected chi connectivity index (χ4v) is 6.11. The first-order valence-electron chi connectivity index (χ1n) is 16.6. The van der Waals surface area contributed by atoms with E-state index < -0.39 is 23.3 Å². The maximum Gasteiger partial charge on any atom is 0.341 e. The number of carbonyl (C=O) groups excluding carboxylic acids is 3. The zero-order valence-corrected chi connectivity index (χ0v) is 29.3. The molecule has 0 fully saturated rings. The minimum absolute atomic E-state index is 0.00744. The molecule has 3 aromatic rings. The zero-order chi connectivity index (χ0) is 34.2. The zero-order valence-electron chi connectivity index (χ0n) is 29.3. The molecule has 1 aliphatic heterocycles. The van der Waals surface area contributed by atoms with E-state index in [-0.39, 0.29) is 24.6 Å². The van der Waals surface area contributed by atoms with Gasteiger partial charge in [-0.1, -0.05) is 52.7 Å². The second kappa shape index (κ2) is 15.9. The van der Waals surface area contributed by atoms with Crippen LogP contribution in [0, 0.1) is 0 Å². The van der Waals surface area contributed by atoms with Crippen LogP contribution in [0.2, 0.25) is 0 Å². The molecule has 4 rings (SSSR count). The van der Waals surface area contributed by atoms with Gasteiger partial charge in [-0.15, -0.1) is 0 Å². The Balaban J connectivity index is 0.00000282. The van der Waals surface area contributed by atoms with Gasteiger partial charge in [0.15, 0.2) is 5.78 Å². The van der Waals surface area contributed by atoms with Gasteiger partial charge in [0, 0.05) is 22.0 Å². The van der Waals surface area contributed by atoms with Crippen molar-refractivity contribution in [2.24, 2.45) is 0 Å². The summed E-state index contributed by atoms with van der Waals surface area (Å²) < 4.78 is 18.7. The van der Waals surface area contributed by atoms with E-state index >= 15 is 0 Å². The first-order chi connectivity index (χ1) is 22.0. The molecule has 1 aliphatic rings. The fraction of sp³-hybridized carbons (Fsp3) is 0.462. The summed E-state index contributed by atoms with van der Waals surface area (Å²) in [7, 11) is 1.62. The largest absolute Gasteiger partial charge is 0.497 e. The Morgan fingerprint density at radius 1 is 0.978 bits per heavy atom. The second-order valence-corrected chi connectivity index (χ2v) is 12.2. The minimum atomic E-state index is -0.646. The fourth-order valence-electron chi connectivity index (χ4n) is 6.11. The third kappa shape index (κ3) is 7.80. The van der Waals surface area contributed by atoms with Crippen molar-refractivity contribution in [2.45, 2.75) is 106 Å². The predicted octanol–water partition coefficient (Wildman–Crippen LogP) is 9.46. The Morgan fingerprint density at radius 3 is 2.22 bits per heavy atom. The predicted molar refractivity (Wildman–Crippen MR) is 186 cm³/mol. The van der Waals surface area contributed by atoms with Crippen LogP contribution >= 0.6 is 0 Å². The Labute approximate surface area is 274 Å². The third-order valence-corrected chi connectivity index (χ3v) is 7.91. The van der Waals surface area contributed by atoms with E-state index in [2.05, 4.69) is 18.4 Å². The summed E-state index contributed by atoms with van der Waals surface area (Å²) in [5, 5.41) is 1.05. The van der Waals surface area contributed by atoms with Crippen molar-refractivity contribution in [1.29, 1.82) is 0 Å². The molecular weight excluding hydrogens is 578 g/mol. The molecule has 7 nitrogen and oxygen atoms in total. The summed E-state index contributed by atoms with van der Waals surface area (Å²) in [6.45, 7) is 17.7. The van der Waals surface area contributed by atoms with Crippen molar-refractivity contribution in [3.8, 4) is 17.0 Å². The first-order valence-corrected chi connectivity index (χ1v) is 16.6. The van der Waals surface area contributed by atoms with Gasteiger partial charge in [0.05, 0.1) is 31.5 Å². The van der Waals surface area contributed by atoms with E-state index in [1.807, 2.05) is 77.1 Å². The number of hydrogen-bond acceptors (Lipinski definition) is 6. The number of benzene rings is 2. The number of fused-ring (bicyclic) bond motifs is 5. The number of hydrogen-bond donors (Lipinski definition) is 0. The van der Waals surface area contributed by atoms with Gasteiger partial charge in [-0.05, 0) is 101 Å². The SMILES string of the molecule is C/C=C(\C(=O)OCC)C(=O)C1=Cc2cc(OC)ccc2-c2c(C(CCC)CCC)c3ccc(C(=O)OC(C)(C)C)cc3n2C1.CC. The number of ether oxygens (including phenoxy) is 3. The van der Waals surface area contributed by atoms with Gasteiger partial charge in [-0.25, -0.2) is 9.59 Å². The summed E-state index contributed by atoms with van der Waals surface area (Å²) in [6.07, 6.45) is 7.42. The van der Waals surface area contributed by atoms with Crippen molar-refractivity contribution in [1.82, 2.24) is 4.57 Å². The van der Waals surface area contributed by atoms with Crippen molar-refractivity contribution >= 4 is 34.7 Å². The Kier molecular flexibility index (Phi) is 12.6. The quantitative estimate of drug-likeness (QED) is 0.0909. The topological polar surface area (TPSA) is 83.8 Å². The van der Waals surface area contributed by atoms with Crippen molar-refractivity contribution in [3.63, 3.8) is 0 Å². The van der Waals surface area contributed by atoms with Gasteiger partial charge in [0.1, 0.15) is 16.9 Å². The van der Waals surface area contributed by atoms with Gasteiger partial charge in [0.25, 0.3) is 0 Å². The van der Waals surface area contributed by atoms with Crippen molar-refractivity contribution < 1.29 is 28.6 Å². The summed E-state index contributed by atoms with van der Waals surface area (Å²) >= 11 is 0. The standard InChI is InChI=1S/C37H45NO6.C2H6/c1-9-13-23(14-10-2)32-30-17-15-24(35(40)44-37(5,6)7)21-31(30)38-22-26(34(39)28(11-3)36(41)43-12-4)19-25-20-27(42-8)16-18-29(25)33(32)38;1-2/h11,15-21,23H,9-10,12-14,22H2,1-8H3;1-2H3/b28-11-;. The number of nitrogens with zero attached hydrogens (tertiary/aromatic N) is 1. The molecule has 0 aliphatic carbocycles. The molecule has 2 heterocycles. The van der Waals surface area contributed by atoms with E-state index in [4.69, 9.17) is 14.2 Å². The van der Waals surface area contributed by atoms with E-state index in [1.165, 1.54) is 11.6 Å². The first kappa shape index (κ1) is 36.3. The van der Waals surface area contributed by atoms with Gasteiger partial charge >= 0.3 is 11.9 Å². The van der Waals surface area contributed by atoms with E-state index in [9.17, 15) is 14.4 Å². The molecule has 0 saturated heterocycles. The third-order valence-electron chi connectivity index (χ3n) is 7.91. The highest BCUT2D eigenvalue weighted by atomic mass is 16.6. The average molecular weight is 630 g/mol. The van der Waals surface area contributed by atoms with Crippen LogP contribution < -0.4 is 4.74 Å². The molecule has 0 N–H and O–H groups in total. The highest BCUT2D eigenvalue weighted by molar-refractivity contribution is 6.25. The Morgan fingerprint density at radius 2 is 1.65 bits per heavy atom. The number of aromatic nitrogens is 1. The molecule has 1 aromatic heterocycles. The number of rotatable bonds is 11. The maximum absolute atomic E-state index is 14.0. The van der Waals surface area contributed by atoms with Crippen LogP contribution in [-0.2, 0) is 25.6 Å². The van der Waals surface area contributed by atoms with Gasteiger partial charge in [-0.2, -0.15) is 0 Å². The van der Waals surface area contributed by atoms with Crippen molar-refractivity contribution in [3.05, 3.63) is 70.3 Å². The van der Waals surface area contributed by atoms with Crippen LogP contribution in [-0.4, -0.2) is 41.6 Å². The maximum atomic E-state index is 14.0. The van der Waals surface area contributed by atoms with Crippen LogP contribution in [0.1, 0.15) is 115 Å². The smallest absolute Gasteiger partial charge is 0.341 e. The highest BCUT2D eigenvalue weighted by Crippen LogP contribution is 2.46. The Hall–Kier alpha value is -4.13. The summed E-state index contributed by atoms with van der Waals surface area (Å²) in [5.74, 6) is -0.501. The Bertz CT molecular complexity index is 1630. The van der Waals surface area contributed by atoms with Gasteiger partial charge in [-0.3, -0.25) is 4.79 Å². The lowest BCUT2D eigenvalue weighted by atomic mass is 9.86. The molecule has 0 atom stereocenters. The molecule has 2 aromatic carbocycles. The summed E-state index contributed by atoms with van der Waals surface area (Å²) in [5.41, 5.74) is 5.10. The average Bonchev–Trinajstić information content (AvgIpc) is 3.23. The van der Waals surface area contributed by atoms with Crippen LogP contribution in [0.4, 0.5) is 0 Å². The van der Waals surface area contributed by atoms with Crippen LogP contribution in [0.15, 0.2) is 53.6 Å². The van der Waals surface area contributed by atoms with Crippen LogP contribution in [0.5, 0.6) is 5.75 Å². The molecule has 0 saturated carbocycles. The van der Waals surface area contributed by atoms with Gasteiger partial charge in [0.2, 0.25) is 0 Å². The normalized spacial score (nSPS) is 12.8. The molecule has 0 unspecified atom stereocenters. The molecule has 0 radical (unpaired) electrons. The molecular formula is C39H51NO6.